The number of rotatable bonds is 7. The number of carbonyl (C=O) groups excluding carboxylic acids is 1. The molecule has 0 aliphatic carbocycles. The third-order valence-corrected chi connectivity index (χ3v) is 4.74. The van der Waals surface area contributed by atoms with E-state index < -0.39 is 0 Å². The van der Waals surface area contributed by atoms with Gasteiger partial charge in [0.25, 0.3) is 0 Å². The van der Waals surface area contributed by atoms with Crippen LogP contribution in [-0.2, 0) is 24.4 Å². The summed E-state index contributed by atoms with van der Waals surface area (Å²) in [6.45, 7) is 5.15. The van der Waals surface area contributed by atoms with Gasteiger partial charge in [-0.05, 0) is 30.5 Å². The minimum Gasteiger partial charge on any atom is -0.357 e. The molecule has 1 amide bonds. The van der Waals surface area contributed by atoms with Crippen molar-refractivity contribution >= 4 is 35.8 Å². The highest BCUT2D eigenvalue weighted by Crippen LogP contribution is 2.15. The van der Waals surface area contributed by atoms with Gasteiger partial charge in [0.15, 0.2) is 5.96 Å². The summed E-state index contributed by atoms with van der Waals surface area (Å²) in [6.07, 6.45) is 1.62. The first-order valence-electron chi connectivity index (χ1n) is 9.77. The first kappa shape index (κ1) is 23.1. The number of nitrogens with one attached hydrogen (secondary N) is 2. The van der Waals surface area contributed by atoms with Crippen molar-refractivity contribution in [2.75, 3.05) is 13.1 Å². The molecule has 156 valence electrons. The van der Waals surface area contributed by atoms with Gasteiger partial charge in [0.2, 0.25) is 5.91 Å². The fraction of sp³-hybridized carbons (Fsp3) is 0.364. The van der Waals surface area contributed by atoms with Gasteiger partial charge in [0.1, 0.15) is 5.82 Å². The van der Waals surface area contributed by atoms with Crippen molar-refractivity contribution in [1.82, 2.24) is 15.5 Å². The van der Waals surface area contributed by atoms with Crippen LogP contribution in [0.25, 0.3) is 0 Å². The van der Waals surface area contributed by atoms with Crippen LogP contribution in [0.1, 0.15) is 36.5 Å². The number of benzene rings is 2. The molecule has 1 aliphatic heterocycles. The van der Waals surface area contributed by atoms with Crippen LogP contribution < -0.4 is 10.6 Å². The number of amides is 1. The molecular formula is C22H28FIN4O. The van der Waals surface area contributed by atoms with Crippen LogP contribution >= 0.6 is 24.0 Å². The van der Waals surface area contributed by atoms with Crippen molar-refractivity contribution in [3.05, 3.63) is 71.0 Å². The molecule has 1 heterocycles. The Kier molecular flexibility index (Phi) is 9.37. The van der Waals surface area contributed by atoms with Crippen molar-refractivity contribution < 1.29 is 9.18 Å². The number of nitrogens with zero attached hydrogens (tertiary/aromatic N) is 2. The maximum absolute atomic E-state index is 13.8. The number of guanidine groups is 1. The van der Waals surface area contributed by atoms with E-state index in [0.717, 1.165) is 30.6 Å². The average Bonchev–Trinajstić information content (AvgIpc) is 3.11. The molecule has 3 rings (SSSR count). The Labute approximate surface area is 188 Å². The topological polar surface area (TPSA) is 56.7 Å². The molecule has 1 saturated heterocycles. The lowest BCUT2D eigenvalue weighted by atomic mass is 10.1. The van der Waals surface area contributed by atoms with E-state index in [4.69, 9.17) is 0 Å². The van der Waals surface area contributed by atoms with E-state index in [1.54, 1.807) is 12.1 Å². The van der Waals surface area contributed by atoms with Gasteiger partial charge in [-0.25, -0.2) is 9.38 Å². The predicted molar refractivity (Wildman–Crippen MR) is 125 cm³/mol. The number of halogens is 2. The van der Waals surface area contributed by atoms with Gasteiger partial charge in [-0.15, -0.1) is 24.0 Å². The van der Waals surface area contributed by atoms with E-state index in [1.165, 1.54) is 6.07 Å². The van der Waals surface area contributed by atoms with Crippen molar-refractivity contribution in [2.24, 2.45) is 4.99 Å². The van der Waals surface area contributed by atoms with Gasteiger partial charge >= 0.3 is 0 Å². The first-order chi connectivity index (χ1) is 13.7. The smallest absolute Gasteiger partial charge is 0.222 e. The zero-order chi connectivity index (χ0) is 19.8. The number of hydrogen-bond donors (Lipinski definition) is 2. The molecule has 0 aromatic heterocycles. The SMILES string of the molecule is CCNC(=NCc1ccc(CN2CCCC2=O)cc1)NCc1ccccc1F.I. The second-order valence-electron chi connectivity index (χ2n) is 6.88. The highest BCUT2D eigenvalue weighted by molar-refractivity contribution is 14.0. The zero-order valence-corrected chi connectivity index (χ0v) is 19.0. The highest BCUT2D eigenvalue weighted by atomic mass is 127. The average molecular weight is 510 g/mol. The molecule has 0 atom stereocenters. The van der Waals surface area contributed by atoms with E-state index in [9.17, 15) is 9.18 Å². The van der Waals surface area contributed by atoms with Crippen LogP contribution in [-0.4, -0.2) is 29.9 Å². The molecule has 1 aliphatic rings. The van der Waals surface area contributed by atoms with Gasteiger partial charge in [-0.1, -0.05) is 42.5 Å². The molecule has 1 fully saturated rings. The summed E-state index contributed by atoms with van der Waals surface area (Å²) in [5.74, 6) is 0.667. The van der Waals surface area contributed by atoms with Crippen molar-refractivity contribution in [3.8, 4) is 0 Å². The molecule has 0 saturated carbocycles. The molecular weight excluding hydrogens is 482 g/mol. The quantitative estimate of drug-likeness (QED) is 0.339. The number of aliphatic imine (C=N–C) groups is 1. The van der Waals surface area contributed by atoms with Gasteiger partial charge < -0.3 is 15.5 Å². The van der Waals surface area contributed by atoms with Gasteiger partial charge in [0, 0.05) is 38.2 Å². The van der Waals surface area contributed by atoms with Crippen LogP contribution in [0.4, 0.5) is 4.39 Å². The molecule has 29 heavy (non-hydrogen) atoms. The van der Waals surface area contributed by atoms with Crippen LogP contribution in [0.3, 0.4) is 0 Å². The van der Waals surface area contributed by atoms with Gasteiger partial charge in [0.05, 0.1) is 6.54 Å². The second-order valence-corrected chi connectivity index (χ2v) is 6.88. The van der Waals surface area contributed by atoms with E-state index >= 15 is 0 Å². The number of likely N-dealkylation sites (tertiary alicyclic amines) is 1. The Morgan fingerprint density at radius 1 is 1.10 bits per heavy atom. The zero-order valence-electron chi connectivity index (χ0n) is 16.7. The second kappa shape index (κ2) is 11.7. The summed E-state index contributed by atoms with van der Waals surface area (Å²) in [7, 11) is 0. The summed E-state index contributed by atoms with van der Waals surface area (Å²) in [5, 5.41) is 6.35. The number of carbonyl (C=O) groups is 1. The summed E-state index contributed by atoms with van der Waals surface area (Å²) in [6, 6.07) is 14.9. The molecule has 0 bridgehead atoms. The fourth-order valence-corrected chi connectivity index (χ4v) is 3.17. The Bertz CT molecular complexity index is 826. The molecule has 5 nitrogen and oxygen atoms in total. The molecule has 2 aromatic rings. The standard InChI is InChI=1S/C22H27FN4O.HI/c1-2-24-22(26-15-19-6-3-4-7-20(19)23)25-14-17-9-11-18(12-10-17)16-27-13-5-8-21(27)28;/h3-4,6-7,9-12H,2,5,8,13-16H2,1H3,(H2,24,25,26);1H. The minimum absolute atomic E-state index is 0. The lowest BCUT2D eigenvalue weighted by Gasteiger charge is -2.15. The Morgan fingerprint density at radius 2 is 1.83 bits per heavy atom. The number of hydrogen-bond acceptors (Lipinski definition) is 2. The van der Waals surface area contributed by atoms with Crippen LogP contribution in [0, 0.1) is 5.82 Å². The van der Waals surface area contributed by atoms with Crippen molar-refractivity contribution in [1.29, 1.82) is 0 Å². The Morgan fingerprint density at radius 3 is 2.48 bits per heavy atom. The molecule has 0 unspecified atom stereocenters. The van der Waals surface area contributed by atoms with Crippen LogP contribution in [0.2, 0.25) is 0 Å². The lowest BCUT2D eigenvalue weighted by Crippen LogP contribution is -2.37. The van der Waals surface area contributed by atoms with E-state index in [-0.39, 0.29) is 35.7 Å². The fourth-order valence-electron chi connectivity index (χ4n) is 3.17. The highest BCUT2D eigenvalue weighted by Gasteiger charge is 2.19. The first-order valence-corrected chi connectivity index (χ1v) is 9.77. The van der Waals surface area contributed by atoms with Gasteiger partial charge in [-0.2, -0.15) is 0 Å². The maximum atomic E-state index is 13.8. The van der Waals surface area contributed by atoms with E-state index in [2.05, 4.69) is 27.8 Å². The summed E-state index contributed by atoms with van der Waals surface area (Å²) in [4.78, 5) is 18.2. The Balaban J connectivity index is 0.00000300. The van der Waals surface area contributed by atoms with E-state index in [1.807, 2.05) is 30.0 Å². The lowest BCUT2D eigenvalue weighted by molar-refractivity contribution is -0.128. The van der Waals surface area contributed by atoms with Crippen LogP contribution in [0.5, 0.6) is 0 Å². The summed E-state index contributed by atoms with van der Waals surface area (Å²) in [5.41, 5.74) is 2.82. The van der Waals surface area contributed by atoms with E-state index in [0.29, 0.717) is 37.6 Å². The molecule has 0 radical (unpaired) electrons. The molecule has 0 spiro atoms. The van der Waals surface area contributed by atoms with Crippen LogP contribution in [0.15, 0.2) is 53.5 Å². The largest absolute Gasteiger partial charge is 0.357 e. The summed E-state index contributed by atoms with van der Waals surface area (Å²) < 4.78 is 13.8. The normalized spacial score (nSPS) is 13.9. The summed E-state index contributed by atoms with van der Waals surface area (Å²) >= 11 is 0. The Hall–Kier alpha value is -2.16. The molecule has 2 N–H and O–H groups in total. The van der Waals surface area contributed by atoms with Crippen molar-refractivity contribution in [2.45, 2.75) is 39.4 Å². The molecule has 7 heteroatoms. The third kappa shape index (κ3) is 6.99. The monoisotopic (exact) mass is 510 g/mol. The van der Waals surface area contributed by atoms with Gasteiger partial charge in [-0.3, -0.25) is 4.79 Å². The van der Waals surface area contributed by atoms with Crippen molar-refractivity contribution in [3.63, 3.8) is 0 Å². The predicted octanol–water partition coefficient (Wildman–Crippen LogP) is 3.82. The third-order valence-electron chi connectivity index (χ3n) is 4.74. The maximum Gasteiger partial charge on any atom is 0.222 e. The molecule has 2 aromatic carbocycles. The minimum atomic E-state index is -0.224.